The van der Waals surface area contributed by atoms with Crippen LogP contribution in [0.15, 0.2) is 59.1 Å². The number of hydrogen-bond donors (Lipinski definition) is 1. The molecule has 1 N–H and O–H groups in total. The first-order chi connectivity index (χ1) is 15.6. The molecule has 33 heavy (non-hydrogen) atoms. The van der Waals surface area contributed by atoms with Crippen molar-refractivity contribution in [2.24, 2.45) is 0 Å². The Morgan fingerprint density at radius 3 is 2.27 bits per heavy atom. The summed E-state index contributed by atoms with van der Waals surface area (Å²) >= 11 is 3.77. The molecule has 3 aromatic rings. The number of hydrogen-bond acceptors (Lipinski definition) is 4. The maximum absolute atomic E-state index is 6.17. The van der Waals surface area contributed by atoms with Crippen LogP contribution in [0.5, 0.6) is 23.0 Å². The van der Waals surface area contributed by atoms with Gasteiger partial charge in [-0.2, -0.15) is 0 Å². The molecule has 0 fully saturated rings. The number of methoxy groups -OCH3 is 3. The van der Waals surface area contributed by atoms with Crippen LogP contribution in [0.25, 0.3) is 0 Å². The standard InChI is InChI=1S/C26H26BrNO4.ClH/c1-29-22-10-9-19(25(27)26(22)32-16-17-7-5-4-6-8-17)13-21-20-15-24(31-3)23(30-2)14-18(20)11-12-28-21;/h4-10,14-15H,11-13,16H2,1-3H3;1H. The fraction of sp³-hybridized carbons (Fsp3) is 0.269. The molecule has 0 radical (unpaired) electrons. The van der Waals surface area contributed by atoms with Gasteiger partial charge in [0.15, 0.2) is 28.7 Å². The van der Waals surface area contributed by atoms with Gasteiger partial charge in [-0.25, -0.2) is 4.99 Å². The lowest BCUT2D eigenvalue weighted by Crippen LogP contribution is -3.00. The van der Waals surface area contributed by atoms with E-state index in [0.29, 0.717) is 18.1 Å². The third kappa shape index (κ3) is 5.45. The van der Waals surface area contributed by atoms with E-state index in [-0.39, 0.29) is 12.4 Å². The molecular formula is C26H27BrClNO4. The molecule has 5 nitrogen and oxygen atoms in total. The molecule has 4 rings (SSSR count). The fourth-order valence-electron chi connectivity index (χ4n) is 3.94. The molecule has 0 saturated carbocycles. The zero-order valence-corrected chi connectivity index (χ0v) is 21.3. The number of halogens is 2. The molecule has 0 atom stereocenters. The van der Waals surface area contributed by atoms with Gasteiger partial charge in [0.1, 0.15) is 13.2 Å². The molecule has 7 heteroatoms. The van der Waals surface area contributed by atoms with Gasteiger partial charge in [0.05, 0.1) is 32.2 Å². The number of ether oxygens (including phenoxy) is 4. The lowest BCUT2D eigenvalue weighted by atomic mass is 9.93. The van der Waals surface area contributed by atoms with Crippen molar-refractivity contribution >= 4 is 21.6 Å². The first-order valence-corrected chi connectivity index (χ1v) is 11.3. The van der Waals surface area contributed by atoms with Gasteiger partial charge in [0.2, 0.25) is 0 Å². The van der Waals surface area contributed by atoms with Crippen molar-refractivity contribution in [1.82, 2.24) is 0 Å². The van der Waals surface area contributed by atoms with Gasteiger partial charge >= 0.3 is 0 Å². The Kier molecular flexibility index (Phi) is 8.64. The van der Waals surface area contributed by atoms with Crippen LogP contribution in [0.4, 0.5) is 0 Å². The molecule has 0 bridgehead atoms. The molecule has 1 aliphatic heterocycles. The van der Waals surface area contributed by atoms with Crippen molar-refractivity contribution in [3.05, 3.63) is 81.3 Å². The third-order valence-electron chi connectivity index (χ3n) is 5.62. The minimum Gasteiger partial charge on any atom is -1.00 e. The fourth-order valence-corrected chi connectivity index (χ4v) is 4.52. The zero-order chi connectivity index (χ0) is 22.5. The van der Waals surface area contributed by atoms with Gasteiger partial charge in [-0.1, -0.05) is 36.4 Å². The summed E-state index contributed by atoms with van der Waals surface area (Å²) in [5, 5.41) is 0. The van der Waals surface area contributed by atoms with Crippen LogP contribution >= 0.6 is 15.9 Å². The van der Waals surface area contributed by atoms with E-state index >= 15 is 0 Å². The smallest absolute Gasteiger partial charge is 0.186 e. The van der Waals surface area contributed by atoms with E-state index < -0.39 is 0 Å². The van der Waals surface area contributed by atoms with E-state index in [1.54, 1.807) is 21.3 Å². The van der Waals surface area contributed by atoms with E-state index in [4.69, 9.17) is 18.9 Å². The summed E-state index contributed by atoms with van der Waals surface area (Å²) in [7, 11) is 4.99. The molecule has 174 valence electrons. The summed E-state index contributed by atoms with van der Waals surface area (Å²) in [6.07, 6.45) is 1.66. The van der Waals surface area contributed by atoms with Gasteiger partial charge in [0, 0.05) is 12.0 Å². The maximum Gasteiger partial charge on any atom is 0.186 e. The van der Waals surface area contributed by atoms with E-state index in [0.717, 1.165) is 57.8 Å². The summed E-state index contributed by atoms with van der Waals surface area (Å²) in [4.78, 5) is 3.57. The van der Waals surface area contributed by atoms with Crippen LogP contribution in [0, 0.1) is 0 Å². The monoisotopic (exact) mass is 531 g/mol. The molecule has 3 aromatic carbocycles. The van der Waals surface area contributed by atoms with E-state index in [9.17, 15) is 0 Å². The predicted molar refractivity (Wildman–Crippen MR) is 128 cm³/mol. The van der Waals surface area contributed by atoms with Crippen LogP contribution in [0.1, 0.15) is 22.3 Å². The van der Waals surface area contributed by atoms with E-state index in [1.165, 1.54) is 5.56 Å². The highest BCUT2D eigenvalue weighted by Crippen LogP contribution is 2.39. The first-order valence-electron chi connectivity index (χ1n) is 10.5. The molecule has 0 saturated heterocycles. The average molecular weight is 533 g/mol. The number of fused-ring (bicyclic) bond motifs is 1. The Morgan fingerprint density at radius 2 is 1.58 bits per heavy atom. The highest BCUT2D eigenvalue weighted by molar-refractivity contribution is 9.10. The quantitative estimate of drug-likeness (QED) is 0.465. The van der Waals surface area contributed by atoms with Crippen LogP contribution in [0.3, 0.4) is 0 Å². The summed E-state index contributed by atoms with van der Waals surface area (Å²) in [5.41, 5.74) is 5.76. The van der Waals surface area contributed by atoms with E-state index in [1.807, 2.05) is 36.4 Å². The van der Waals surface area contributed by atoms with Crippen molar-refractivity contribution in [2.45, 2.75) is 19.4 Å². The molecule has 0 spiro atoms. The largest absolute Gasteiger partial charge is 1.00 e. The average Bonchev–Trinajstić information content (AvgIpc) is 2.84. The Hall–Kier alpha value is -2.70. The second-order valence-corrected chi connectivity index (χ2v) is 8.33. The van der Waals surface area contributed by atoms with Crippen LogP contribution in [-0.2, 0) is 19.4 Å². The van der Waals surface area contributed by atoms with Gasteiger partial charge in [-0.3, -0.25) is 0 Å². The molecule has 0 amide bonds. The van der Waals surface area contributed by atoms with Crippen molar-refractivity contribution in [3.63, 3.8) is 0 Å². The first kappa shape index (κ1) is 24.9. The highest BCUT2D eigenvalue weighted by Gasteiger charge is 2.25. The summed E-state index contributed by atoms with van der Waals surface area (Å²) < 4.78 is 23.7. The molecule has 1 heterocycles. The lowest BCUT2D eigenvalue weighted by molar-refractivity contribution is -0.458. The summed E-state index contributed by atoms with van der Waals surface area (Å²) in [6.45, 7) is 1.34. The second kappa shape index (κ2) is 11.4. The van der Waals surface area contributed by atoms with Gasteiger partial charge < -0.3 is 31.4 Å². The lowest BCUT2D eigenvalue weighted by Gasteiger charge is -2.18. The Morgan fingerprint density at radius 1 is 0.879 bits per heavy atom. The predicted octanol–water partition coefficient (Wildman–Crippen LogP) is 0.726. The third-order valence-corrected chi connectivity index (χ3v) is 6.49. The van der Waals surface area contributed by atoms with Gasteiger partial charge in [-0.15, -0.1) is 0 Å². The summed E-state index contributed by atoms with van der Waals surface area (Å²) in [6, 6.07) is 18.3. The summed E-state index contributed by atoms with van der Waals surface area (Å²) in [5.74, 6) is 2.89. The van der Waals surface area contributed by atoms with Crippen molar-refractivity contribution in [2.75, 3.05) is 27.9 Å². The van der Waals surface area contributed by atoms with E-state index in [2.05, 4.69) is 39.1 Å². The molecule has 0 unspecified atom stereocenters. The number of benzene rings is 3. The maximum atomic E-state index is 6.17. The normalized spacial score (nSPS) is 12.2. The van der Waals surface area contributed by atoms with Crippen molar-refractivity contribution in [1.29, 1.82) is 0 Å². The molecule has 0 aliphatic carbocycles. The second-order valence-electron chi connectivity index (χ2n) is 7.54. The Labute approximate surface area is 209 Å². The number of nitrogens with one attached hydrogen (secondary N) is 1. The Bertz CT molecular complexity index is 1130. The van der Waals surface area contributed by atoms with Crippen LogP contribution < -0.4 is 36.3 Å². The molecular weight excluding hydrogens is 506 g/mol. The Balaban J connectivity index is 0.00000306. The SMILES string of the molecule is COc1cc2c(cc1OC)C(Cc1ccc(OC)c(OCc3ccccc3)c1Br)=[NH+]CC2.[Cl-]. The minimum atomic E-state index is 0. The molecule has 1 aliphatic rings. The van der Waals surface area contributed by atoms with Crippen LogP contribution in [-0.4, -0.2) is 33.6 Å². The van der Waals surface area contributed by atoms with Crippen molar-refractivity contribution < 1.29 is 36.3 Å². The van der Waals surface area contributed by atoms with Crippen molar-refractivity contribution in [3.8, 4) is 23.0 Å². The van der Waals surface area contributed by atoms with Crippen LogP contribution in [0.2, 0.25) is 0 Å². The zero-order valence-electron chi connectivity index (χ0n) is 18.9. The van der Waals surface area contributed by atoms with Gasteiger partial charge in [0.25, 0.3) is 0 Å². The van der Waals surface area contributed by atoms with Gasteiger partial charge in [-0.05, 0) is 50.8 Å². The highest BCUT2D eigenvalue weighted by atomic mass is 79.9. The minimum absolute atomic E-state index is 0. The topological polar surface area (TPSA) is 50.9 Å². The molecule has 0 aromatic heterocycles. The number of rotatable bonds is 8.